The molecular weight excluding hydrogens is 277 g/mol. The van der Waals surface area contributed by atoms with Gasteiger partial charge in [0.1, 0.15) is 6.16 Å². The first-order valence-electron chi connectivity index (χ1n) is 7.03. The van der Waals surface area contributed by atoms with Crippen molar-refractivity contribution in [1.82, 2.24) is 0 Å². The van der Waals surface area contributed by atoms with Crippen molar-refractivity contribution in [1.29, 1.82) is 0 Å². The third-order valence-electron chi connectivity index (χ3n) is 2.65. The Morgan fingerprint density at radius 3 is 2.30 bits per heavy atom. The van der Waals surface area contributed by atoms with E-state index in [9.17, 15) is 9.36 Å². The van der Waals surface area contributed by atoms with Crippen LogP contribution in [0.15, 0.2) is 12.2 Å². The molecule has 0 aliphatic heterocycles. The van der Waals surface area contributed by atoms with Gasteiger partial charge >= 0.3 is 13.6 Å². The number of rotatable bonds is 10. The van der Waals surface area contributed by atoms with Crippen LogP contribution in [-0.2, 0) is 18.4 Å². The van der Waals surface area contributed by atoms with Crippen LogP contribution in [0.4, 0.5) is 0 Å². The van der Waals surface area contributed by atoms with E-state index in [1.54, 1.807) is 0 Å². The van der Waals surface area contributed by atoms with Crippen molar-refractivity contribution in [2.75, 3.05) is 40.5 Å². The summed E-state index contributed by atoms with van der Waals surface area (Å²) in [6, 6.07) is 0. The zero-order valence-electron chi connectivity index (χ0n) is 13.5. The number of carbonyl (C=O) groups is 1. The summed E-state index contributed by atoms with van der Waals surface area (Å²) in [6.07, 6.45) is 3.10. The maximum Gasteiger partial charge on any atom is 0.387 e. The van der Waals surface area contributed by atoms with E-state index >= 15 is 0 Å². The lowest BCUT2D eigenvalue weighted by molar-refractivity contribution is -0.867. The molecule has 1 unspecified atom stereocenters. The predicted octanol–water partition coefficient (Wildman–Crippen LogP) is 3.21. The van der Waals surface area contributed by atoms with E-state index in [0.717, 1.165) is 19.3 Å². The van der Waals surface area contributed by atoms with Gasteiger partial charge in [-0.05, 0) is 13.3 Å². The average molecular weight is 306 g/mol. The summed E-state index contributed by atoms with van der Waals surface area (Å²) < 4.78 is 23.7. The zero-order chi connectivity index (χ0) is 15.8. The van der Waals surface area contributed by atoms with E-state index in [1.165, 1.54) is 6.92 Å². The molecule has 6 heteroatoms. The molecular formula is C14H29NO4P+. The van der Waals surface area contributed by atoms with Gasteiger partial charge in [0, 0.05) is 5.57 Å². The van der Waals surface area contributed by atoms with E-state index in [1.807, 2.05) is 21.1 Å². The van der Waals surface area contributed by atoms with Crippen LogP contribution in [-0.4, -0.2) is 50.9 Å². The van der Waals surface area contributed by atoms with Crippen molar-refractivity contribution in [2.45, 2.75) is 33.1 Å². The Bertz CT molecular complexity index is 374. The molecule has 0 aromatic heterocycles. The zero-order valence-corrected chi connectivity index (χ0v) is 14.4. The molecule has 0 saturated carbocycles. The smallest absolute Gasteiger partial charge is 0.387 e. The molecule has 0 heterocycles. The molecule has 0 rings (SSSR count). The summed E-state index contributed by atoms with van der Waals surface area (Å²) in [5.74, 6) is -0.648. The Morgan fingerprint density at radius 2 is 1.85 bits per heavy atom. The highest BCUT2D eigenvalue weighted by Gasteiger charge is 2.31. The van der Waals surface area contributed by atoms with E-state index < -0.39 is 13.6 Å². The van der Waals surface area contributed by atoms with Crippen LogP contribution in [0.1, 0.15) is 33.1 Å². The van der Waals surface area contributed by atoms with Crippen molar-refractivity contribution >= 4 is 13.6 Å². The second kappa shape index (κ2) is 8.60. The molecule has 1 atom stereocenters. The molecule has 0 aliphatic carbocycles. The van der Waals surface area contributed by atoms with Gasteiger partial charge in [0.25, 0.3) is 0 Å². The SMILES string of the molecule is C=C(C)C(=O)OP(=O)(CC[N+](C)(C)C)OCCCCC. The number of nitrogens with zero attached hydrogens (tertiary/aromatic N) is 1. The third kappa shape index (κ3) is 9.29. The maximum absolute atomic E-state index is 12.6. The summed E-state index contributed by atoms with van der Waals surface area (Å²) in [7, 11) is 2.57. The molecule has 0 N–H and O–H groups in total. The van der Waals surface area contributed by atoms with Gasteiger partial charge in [0.15, 0.2) is 0 Å². The fraction of sp³-hybridized carbons (Fsp3) is 0.786. The van der Waals surface area contributed by atoms with Crippen LogP contribution in [0.5, 0.6) is 0 Å². The predicted molar refractivity (Wildman–Crippen MR) is 81.8 cm³/mol. The minimum Gasteiger partial charge on any atom is -0.388 e. The van der Waals surface area contributed by atoms with Crippen molar-refractivity contribution in [3.05, 3.63) is 12.2 Å². The molecule has 0 aliphatic rings. The molecule has 0 saturated heterocycles. The standard InChI is InChI=1S/C14H29NO4P/c1-7-8-9-11-18-20(17,12-10-15(4,5)6)19-14(16)13(2)3/h2,7-12H2,1,3-6H3/q+1. The molecule has 118 valence electrons. The quantitative estimate of drug-likeness (QED) is 0.269. The van der Waals surface area contributed by atoms with Gasteiger partial charge < -0.3 is 9.01 Å². The minimum atomic E-state index is -3.39. The Balaban J connectivity index is 4.62. The molecule has 0 spiro atoms. The topological polar surface area (TPSA) is 52.6 Å². The Kier molecular flexibility index (Phi) is 8.33. The second-order valence-corrected chi connectivity index (χ2v) is 8.16. The summed E-state index contributed by atoms with van der Waals surface area (Å²) in [6.45, 7) is 8.07. The Morgan fingerprint density at radius 1 is 1.25 bits per heavy atom. The largest absolute Gasteiger partial charge is 0.388 e. The first-order chi connectivity index (χ1) is 9.09. The van der Waals surface area contributed by atoms with Crippen molar-refractivity contribution < 1.29 is 22.9 Å². The fourth-order valence-corrected chi connectivity index (χ4v) is 3.25. The normalized spacial score (nSPS) is 14.7. The van der Waals surface area contributed by atoms with Crippen molar-refractivity contribution in [3.8, 4) is 0 Å². The van der Waals surface area contributed by atoms with Crippen LogP contribution in [0, 0.1) is 0 Å². The van der Waals surface area contributed by atoms with Crippen LogP contribution in [0.3, 0.4) is 0 Å². The molecule has 0 fully saturated rings. The second-order valence-electron chi connectivity index (χ2n) is 6.05. The van der Waals surface area contributed by atoms with Crippen LogP contribution in [0.25, 0.3) is 0 Å². The van der Waals surface area contributed by atoms with E-state index in [-0.39, 0.29) is 11.7 Å². The van der Waals surface area contributed by atoms with Crippen LogP contribution < -0.4 is 0 Å². The first-order valence-corrected chi connectivity index (χ1v) is 8.76. The first kappa shape index (κ1) is 19.4. The lowest BCUT2D eigenvalue weighted by Gasteiger charge is -2.26. The lowest BCUT2D eigenvalue weighted by Crippen LogP contribution is -2.37. The fourth-order valence-electron chi connectivity index (χ4n) is 1.32. The van der Waals surface area contributed by atoms with Gasteiger partial charge in [-0.2, -0.15) is 0 Å². The number of hydrogen-bond acceptors (Lipinski definition) is 4. The van der Waals surface area contributed by atoms with E-state index in [4.69, 9.17) is 9.05 Å². The number of unbranched alkanes of at least 4 members (excludes halogenated alkanes) is 2. The van der Waals surface area contributed by atoms with Gasteiger partial charge in [-0.25, -0.2) is 9.36 Å². The summed E-state index contributed by atoms with van der Waals surface area (Å²) in [4.78, 5) is 11.6. The number of hydrogen-bond donors (Lipinski definition) is 0. The number of quaternary nitrogens is 1. The highest BCUT2D eigenvalue weighted by atomic mass is 31.2. The van der Waals surface area contributed by atoms with Gasteiger partial charge in [-0.15, -0.1) is 0 Å². The van der Waals surface area contributed by atoms with Gasteiger partial charge in [0.05, 0.1) is 34.3 Å². The van der Waals surface area contributed by atoms with Gasteiger partial charge in [0.2, 0.25) is 0 Å². The molecule has 0 amide bonds. The highest BCUT2D eigenvalue weighted by molar-refractivity contribution is 7.54. The monoisotopic (exact) mass is 306 g/mol. The third-order valence-corrected chi connectivity index (χ3v) is 4.42. The summed E-state index contributed by atoms with van der Waals surface area (Å²) in [5.41, 5.74) is 0.229. The van der Waals surface area contributed by atoms with E-state index in [2.05, 4.69) is 13.5 Å². The molecule has 20 heavy (non-hydrogen) atoms. The average Bonchev–Trinajstić information content (AvgIpc) is 2.31. The highest BCUT2D eigenvalue weighted by Crippen LogP contribution is 2.48. The minimum absolute atomic E-state index is 0.224. The van der Waals surface area contributed by atoms with Crippen molar-refractivity contribution in [3.63, 3.8) is 0 Å². The van der Waals surface area contributed by atoms with E-state index in [0.29, 0.717) is 17.6 Å². The van der Waals surface area contributed by atoms with Crippen LogP contribution in [0.2, 0.25) is 0 Å². The lowest BCUT2D eigenvalue weighted by atomic mass is 10.3. The Hall–Kier alpha value is -0.640. The summed E-state index contributed by atoms with van der Waals surface area (Å²) >= 11 is 0. The van der Waals surface area contributed by atoms with Crippen molar-refractivity contribution in [2.24, 2.45) is 0 Å². The number of carbonyl (C=O) groups excluding carboxylic acids is 1. The van der Waals surface area contributed by atoms with Crippen LogP contribution >= 0.6 is 7.60 Å². The molecule has 0 aromatic carbocycles. The Labute approximate surface area is 123 Å². The van der Waals surface area contributed by atoms with Gasteiger partial charge in [-0.3, -0.25) is 4.52 Å². The van der Waals surface area contributed by atoms with Gasteiger partial charge in [-0.1, -0.05) is 26.3 Å². The molecule has 5 nitrogen and oxygen atoms in total. The molecule has 0 aromatic rings. The molecule has 0 radical (unpaired) electrons. The summed E-state index contributed by atoms with van der Waals surface area (Å²) in [5, 5.41) is 0. The maximum atomic E-state index is 12.6. The molecule has 0 bridgehead atoms.